The summed E-state index contributed by atoms with van der Waals surface area (Å²) in [5.74, 6) is -0.256. The van der Waals surface area contributed by atoms with E-state index >= 15 is 0 Å². The summed E-state index contributed by atoms with van der Waals surface area (Å²) >= 11 is 0. The highest BCUT2D eigenvalue weighted by Gasteiger charge is 2.26. The summed E-state index contributed by atoms with van der Waals surface area (Å²) in [6.07, 6.45) is 2.56. The third-order valence-corrected chi connectivity index (χ3v) is 5.54. The number of rotatable bonds is 8. The highest BCUT2D eigenvalue weighted by Crippen LogP contribution is 2.28. The molecule has 1 aliphatic rings. The molecular formula is C22H29N3O3. The van der Waals surface area contributed by atoms with Gasteiger partial charge in [0.1, 0.15) is 5.75 Å². The highest BCUT2D eigenvalue weighted by molar-refractivity contribution is 5.95. The first-order valence-electron chi connectivity index (χ1n) is 9.74. The van der Waals surface area contributed by atoms with E-state index in [-0.39, 0.29) is 11.3 Å². The van der Waals surface area contributed by atoms with E-state index in [1.165, 1.54) is 17.8 Å². The molecule has 6 nitrogen and oxygen atoms in total. The monoisotopic (exact) mass is 383 g/mol. The van der Waals surface area contributed by atoms with Crippen molar-refractivity contribution in [1.29, 1.82) is 0 Å². The van der Waals surface area contributed by atoms with Crippen LogP contribution >= 0.6 is 0 Å². The van der Waals surface area contributed by atoms with Gasteiger partial charge < -0.3 is 26.2 Å². The van der Waals surface area contributed by atoms with Crippen molar-refractivity contribution in [3.05, 3.63) is 59.7 Å². The Morgan fingerprint density at radius 3 is 2.71 bits per heavy atom. The van der Waals surface area contributed by atoms with Crippen LogP contribution in [0.15, 0.2) is 48.5 Å². The number of hydrogen-bond acceptors (Lipinski definition) is 5. The van der Waals surface area contributed by atoms with Crippen LogP contribution in [-0.2, 0) is 0 Å². The number of nitrogens with two attached hydrogens (primary N) is 1. The number of aliphatic hydroxyl groups is 1. The molecule has 1 aliphatic carbocycles. The van der Waals surface area contributed by atoms with E-state index in [9.17, 15) is 15.0 Å². The van der Waals surface area contributed by atoms with E-state index in [0.717, 1.165) is 25.8 Å². The predicted octanol–water partition coefficient (Wildman–Crippen LogP) is 2.42. The number of aromatic hydroxyl groups is 1. The highest BCUT2D eigenvalue weighted by atomic mass is 16.3. The Balaban J connectivity index is 1.48. The number of carbonyl (C=O) groups is 1. The normalized spacial score (nSPS) is 20.1. The van der Waals surface area contributed by atoms with Crippen molar-refractivity contribution in [3.8, 4) is 5.75 Å². The molecule has 6 heteroatoms. The Bertz CT molecular complexity index is 797. The maximum Gasteiger partial charge on any atom is 0.252 e. The molecule has 3 atom stereocenters. The molecule has 5 N–H and O–H groups in total. The SMILES string of the molecule is CN(C[C@@H]1CC[C@H](NCC(O)c2ccc(O)c(C(N)=O)c2)C1)c1ccccc1. The second-order valence-corrected chi connectivity index (χ2v) is 7.66. The molecule has 28 heavy (non-hydrogen) atoms. The minimum absolute atomic E-state index is 0.0291. The number of aliphatic hydroxyl groups excluding tert-OH is 1. The number of phenols is 1. The van der Waals surface area contributed by atoms with E-state index in [0.29, 0.717) is 24.1 Å². The zero-order chi connectivity index (χ0) is 20.1. The van der Waals surface area contributed by atoms with Gasteiger partial charge in [-0.2, -0.15) is 0 Å². The average molecular weight is 383 g/mol. The maximum atomic E-state index is 11.4. The smallest absolute Gasteiger partial charge is 0.252 e. The number of primary amides is 1. The first kappa shape index (κ1) is 20.2. The minimum atomic E-state index is -0.759. The molecule has 1 unspecified atom stereocenters. The van der Waals surface area contributed by atoms with Gasteiger partial charge in [-0.25, -0.2) is 0 Å². The number of amides is 1. The standard InChI is InChI=1S/C22H29N3O3/c1-25(18-5-3-2-4-6-18)14-15-7-9-17(11-15)24-13-21(27)16-8-10-20(26)19(12-16)22(23)28/h2-6,8,10,12,15,17,21,24,26-27H,7,9,11,13-14H2,1H3,(H2,23,28)/t15-,17+,21?/m1/s1. The van der Waals surface area contributed by atoms with Crippen LogP contribution in [0.1, 0.15) is 41.3 Å². The van der Waals surface area contributed by atoms with Gasteiger partial charge in [0, 0.05) is 31.9 Å². The molecule has 3 rings (SSSR count). The van der Waals surface area contributed by atoms with Gasteiger partial charge in [-0.3, -0.25) is 4.79 Å². The number of benzene rings is 2. The van der Waals surface area contributed by atoms with Gasteiger partial charge in [-0.15, -0.1) is 0 Å². The fraction of sp³-hybridized carbons (Fsp3) is 0.409. The Hall–Kier alpha value is -2.57. The third kappa shape index (κ3) is 5.03. The molecule has 0 bridgehead atoms. The van der Waals surface area contributed by atoms with E-state index in [1.54, 1.807) is 6.07 Å². The number of nitrogens with zero attached hydrogens (tertiary/aromatic N) is 1. The lowest BCUT2D eigenvalue weighted by Gasteiger charge is -2.23. The summed E-state index contributed by atoms with van der Waals surface area (Å²) in [6, 6.07) is 15.2. The molecule has 2 aromatic rings. The van der Waals surface area contributed by atoms with E-state index in [4.69, 9.17) is 5.73 Å². The zero-order valence-electron chi connectivity index (χ0n) is 16.2. The second kappa shape index (κ2) is 9.08. The second-order valence-electron chi connectivity index (χ2n) is 7.66. The van der Waals surface area contributed by atoms with Gasteiger partial charge in [-0.05, 0) is 55.0 Å². The summed E-state index contributed by atoms with van der Waals surface area (Å²) in [4.78, 5) is 13.6. The molecule has 0 spiro atoms. The van der Waals surface area contributed by atoms with Crippen molar-refractivity contribution in [2.24, 2.45) is 11.7 Å². The molecule has 1 fully saturated rings. The molecule has 0 aliphatic heterocycles. The van der Waals surface area contributed by atoms with Crippen LogP contribution in [-0.4, -0.2) is 42.3 Å². The van der Waals surface area contributed by atoms with Crippen LogP contribution < -0.4 is 16.0 Å². The van der Waals surface area contributed by atoms with Crippen molar-refractivity contribution >= 4 is 11.6 Å². The summed E-state index contributed by atoms with van der Waals surface area (Å²) in [5.41, 5.74) is 7.08. The molecule has 2 aromatic carbocycles. The topological polar surface area (TPSA) is 98.8 Å². The van der Waals surface area contributed by atoms with Crippen LogP contribution in [0.25, 0.3) is 0 Å². The van der Waals surface area contributed by atoms with Crippen LogP contribution in [0.4, 0.5) is 5.69 Å². The fourth-order valence-corrected chi connectivity index (χ4v) is 3.96. The predicted molar refractivity (Wildman–Crippen MR) is 110 cm³/mol. The molecule has 0 radical (unpaired) electrons. The van der Waals surface area contributed by atoms with Gasteiger partial charge in [0.05, 0.1) is 11.7 Å². The van der Waals surface area contributed by atoms with E-state index in [1.807, 2.05) is 6.07 Å². The van der Waals surface area contributed by atoms with Crippen LogP contribution in [0, 0.1) is 5.92 Å². The van der Waals surface area contributed by atoms with Gasteiger partial charge in [0.2, 0.25) is 0 Å². The minimum Gasteiger partial charge on any atom is -0.507 e. The van der Waals surface area contributed by atoms with Crippen molar-refractivity contribution in [2.75, 3.05) is 25.0 Å². The summed E-state index contributed by atoms with van der Waals surface area (Å²) in [6.45, 7) is 1.42. The van der Waals surface area contributed by atoms with Crippen LogP contribution in [0.2, 0.25) is 0 Å². The number of para-hydroxylation sites is 1. The lowest BCUT2D eigenvalue weighted by molar-refractivity contribution is 0.0997. The number of hydrogen-bond donors (Lipinski definition) is 4. The first-order valence-corrected chi connectivity index (χ1v) is 9.74. The van der Waals surface area contributed by atoms with Gasteiger partial charge in [-0.1, -0.05) is 24.3 Å². The van der Waals surface area contributed by atoms with Crippen molar-refractivity contribution in [1.82, 2.24) is 5.32 Å². The molecule has 0 heterocycles. The molecule has 1 amide bonds. The maximum absolute atomic E-state index is 11.4. The fourth-order valence-electron chi connectivity index (χ4n) is 3.96. The van der Waals surface area contributed by atoms with Gasteiger partial charge in [0.25, 0.3) is 5.91 Å². The molecule has 1 saturated carbocycles. The molecule has 150 valence electrons. The van der Waals surface area contributed by atoms with Crippen molar-refractivity contribution in [2.45, 2.75) is 31.4 Å². The van der Waals surface area contributed by atoms with Gasteiger partial charge >= 0.3 is 0 Å². The Morgan fingerprint density at radius 2 is 2.00 bits per heavy atom. The number of carbonyl (C=O) groups excluding carboxylic acids is 1. The zero-order valence-corrected chi connectivity index (χ0v) is 16.2. The van der Waals surface area contributed by atoms with Crippen molar-refractivity contribution in [3.63, 3.8) is 0 Å². The number of anilines is 1. The van der Waals surface area contributed by atoms with E-state index in [2.05, 4.69) is 41.5 Å². The van der Waals surface area contributed by atoms with E-state index < -0.39 is 12.0 Å². The summed E-state index contributed by atoms with van der Waals surface area (Å²) in [5, 5.41) is 23.5. The summed E-state index contributed by atoms with van der Waals surface area (Å²) < 4.78 is 0. The lowest BCUT2D eigenvalue weighted by Crippen LogP contribution is -2.32. The Labute approximate surface area is 166 Å². The lowest BCUT2D eigenvalue weighted by atomic mass is 10.0. The third-order valence-electron chi connectivity index (χ3n) is 5.54. The first-order chi connectivity index (χ1) is 13.4. The number of nitrogens with one attached hydrogen (secondary N) is 1. The summed E-state index contributed by atoms with van der Waals surface area (Å²) in [7, 11) is 2.13. The molecular weight excluding hydrogens is 354 g/mol. The Morgan fingerprint density at radius 1 is 1.25 bits per heavy atom. The van der Waals surface area contributed by atoms with Gasteiger partial charge in [0.15, 0.2) is 0 Å². The van der Waals surface area contributed by atoms with Crippen LogP contribution in [0.5, 0.6) is 5.75 Å². The molecule has 0 aromatic heterocycles. The molecule has 0 saturated heterocycles. The van der Waals surface area contributed by atoms with Crippen LogP contribution in [0.3, 0.4) is 0 Å². The van der Waals surface area contributed by atoms with Crippen molar-refractivity contribution < 1.29 is 15.0 Å². The largest absolute Gasteiger partial charge is 0.507 e. The Kier molecular flexibility index (Phi) is 6.54. The average Bonchev–Trinajstić information content (AvgIpc) is 3.14. The quantitative estimate of drug-likeness (QED) is 0.561.